The van der Waals surface area contributed by atoms with E-state index < -0.39 is 5.91 Å². The largest absolute Gasteiger partial charge is 0.493 e. The molecule has 0 bridgehead atoms. The molecule has 1 unspecified atom stereocenters. The summed E-state index contributed by atoms with van der Waals surface area (Å²) in [5.41, 5.74) is 5.72. The minimum atomic E-state index is -0.547. The molecule has 2 heterocycles. The van der Waals surface area contributed by atoms with Crippen molar-refractivity contribution in [3.05, 3.63) is 52.7 Å². The van der Waals surface area contributed by atoms with E-state index in [2.05, 4.69) is 42.9 Å². The number of likely N-dealkylation sites (tertiary alicyclic amines) is 1. The van der Waals surface area contributed by atoms with E-state index in [9.17, 15) is 9.90 Å². The van der Waals surface area contributed by atoms with Crippen molar-refractivity contribution in [2.24, 2.45) is 5.41 Å². The predicted octanol–water partition coefficient (Wildman–Crippen LogP) is 3.84. The third-order valence-electron chi connectivity index (χ3n) is 5.77. The summed E-state index contributed by atoms with van der Waals surface area (Å²) in [4.78, 5) is 13.6. The van der Waals surface area contributed by atoms with Crippen LogP contribution < -0.4 is 5.48 Å². The van der Waals surface area contributed by atoms with Crippen LogP contribution in [0.25, 0.3) is 6.08 Å². The van der Waals surface area contributed by atoms with Crippen molar-refractivity contribution in [1.82, 2.24) is 20.2 Å². The van der Waals surface area contributed by atoms with Crippen LogP contribution in [0.2, 0.25) is 0 Å². The van der Waals surface area contributed by atoms with Crippen LogP contribution in [0.4, 0.5) is 0 Å². The maximum absolute atomic E-state index is 11.1. The Morgan fingerprint density at radius 2 is 1.97 bits per heavy atom. The fraction of sp³-hybridized carbons (Fsp3) is 0.500. The van der Waals surface area contributed by atoms with E-state index in [0.29, 0.717) is 12.6 Å². The van der Waals surface area contributed by atoms with Gasteiger partial charge in [0.25, 0.3) is 5.91 Å². The summed E-state index contributed by atoms with van der Waals surface area (Å²) in [7, 11) is 0. The lowest BCUT2D eigenvalue weighted by Gasteiger charge is -2.25. The third-order valence-corrected chi connectivity index (χ3v) is 5.77. The number of hydroxylamine groups is 1. The number of rotatable bonds is 7. The second-order valence-electron chi connectivity index (χ2n) is 9.53. The first-order valence-corrected chi connectivity index (χ1v) is 10.9. The molecule has 1 aromatic heterocycles. The first-order valence-electron chi connectivity index (χ1n) is 10.9. The van der Waals surface area contributed by atoms with Gasteiger partial charge in [-0.25, -0.2) is 10.2 Å². The van der Waals surface area contributed by atoms with Gasteiger partial charge in [-0.2, -0.15) is 5.10 Å². The molecule has 168 valence electrons. The Balaban J connectivity index is 1.65. The van der Waals surface area contributed by atoms with Gasteiger partial charge in [0.05, 0.1) is 12.2 Å². The predicted molar refractivity (Wildman–Crippen MR) is 121 cm³/mol. The quantitative estimate of drug-likeness (QED) is 0.355. The molecule has 0 radical (unpaired) electrons. The monoisotopic (exact) mass is 426 g/mol. The van der Waals surface area contributed by atoms with Crippen molar-refractivity contribution >= 4 is 12.0 Å². The highest BCUT2D eigenvalue weighted by Crippen LogP contribution is 2.32. The van der Waals surface area contributed by atoms with E-state index in [1.54, 1.807) is 16.2 Å². The molecule has 1 saturated heterocycles. The summed E-state index contributed by atoms with van der Waals surface area (Å²) in [6.45, 7) is 11.0. The molecule has 1 fully saturated rings. The van der Waals surface area contributed by atoms with Crippen molar-refractivity contribution in [3.8, 4) is 5.88 Å². The van der Waals surface area contributed by atoms with E-state index >= 15 is 0 Å². The molecular formula is C24H34N4O3. The summed E-state index contributed by atoms with van der Waals surface area (Å²) in [5, 5.41) is 23.8. The molecule has 0 spiro atoms. The van der Waals surface area contributed by atoms with Gasteiger partial charge in [-0.3, -0.25) is 14.9 Å². The van der Waals surface area contributed by atoms with Gasteiger partial charge < -0.3 is 5.11 Å². The maximum atomic E-state index is 11.1. The zero-order valence-corrected chi connectivity index (χ0v) is 18.9. The minimum Gasteiger partial charge on any atom is -0.493 e. The lowest BCUT2D eigenvalue weighted by molar-refractivity contribution is -0.124. The smallest absolute Gasteiger partial charge is 0.267 e. The second kappa shape index (κ2) is 9.66. The summed E-state index contributed by atoms with van der Waals surface area (Å²) in [5.74, 6) is -0.271. The number of carbonyl (C=O) groups excluding carboxylic acids is 1. The molecule has 1 atom stereocenters. The molecule has 2 aromatic rings. The van der Waals surface area contributed by atoms with Crippen molar-refractivity contribution < 1.29 is 15.1 Å². The molecule has 1 aliphatic heterocycles. The van der Waals surface area contributed by atoms with Crippen LogP contribution in [-0.4, -0.2) is 44.0 Å². The van der Waals surface area contributed by atoms with Crippen LogP contribution >= 0.6 is 0 Å². The molecule has 3 N–H and O–H groups in total. The summed E-state index contributed by atoms with van der Waals surface area (Å²) in [6.07, 6.45) is 6.04. The Labute approximate surface area is 184 Å². The molecule has 7 heteroatoms. The highest BCUT2D eigenvalue weighted by atomic mass is 16.5. The van der Waals surface area contributed by atoms with Crippen molar-refractivity contribution in [2.45, 2.75) is 59.5 Å². The van der Waals surface area contributed by atoms with Crippen molar-refractivity contribution in [3.63, 3.8) is 0 Å². The molecule has 0 aliphatic carbocycles. The van der Waals surface area contributed by atoms with Gasteiger partial charge in [0.2, 0.25) is 5.88 Å². The van der Waals surface area contributed by atoms with Crippen LogP contribution in [0, 0.1) is 12.3 Å². The Morgan fingerprint density at radius 3 is 2.61 bits per heavy atom. The molecule has 0 saturated carbocycles. The fourth-order valence-electron chi connectivity index (χ4n) is 4.15. The van der Waals surface area contributed by atoms with Gasteiger partial charge >= 0.3 is 0 Å². The number of aromatic hydroxyl groups is 1. The number of hydrogen-bond donors (Lipinski definition) is 3. The number of nitrogens with zero attached hydrogens (tertiary/aromatic N) is 3. The zero-order chi connectivity index (χ0) is 22.6. The maximum Gasteiger partial charge on any atom is 0.267 e. The molecular weight excluding hydrogens is 392 g/mol. The SMILES string of the molecule is Cc1c(CC(C)(C)C)nn(CCN2CCCC2c2ccc(/C=C/C(=O)NO)cc2)c1O. The average Bonchev–Trinajstić information content (AvgIpc) is 3.30. The lowest BCUT2D eigenvalue weighted by atomic mass is 9.89. The van der Waals surface area contributed by atoms with Gasteiger partial charge in [-0.15, -0.1) is 0 Å². The highest BCUT2D eigenvalue weighted by molar-refractivity contribution is 5.90. The molecule has 3 rings (SSSR count). The van der Waals surface area contributed by atoms with Crippen LogP contribution in [0.15, 0.2) is 30.3 Å². The summed E-state index contributed by atoms with van der Waals surface area (Å²) >= 11 is 0. The van der Waals surface area contributed by atoms with Crippen LogP contribution in [-0.2, 0) is 17.8 Å². The van der Waals surface area contributed by atoms with Gasteiger partial charge in [0, 0.05) is 24.2 Å². The van der Waals surface area contributed by atoms with Gasteiger partial charge in [-0.1, -0.05) is 45.0 Å². The van der Waals surface area contributed by atoms with Gasteiger partial charge in [0.15, 0.2) is 0 Å². The average molecular weight is 427 g/mol. The minimum absolute atomic E-state index is 0.125. The fourth-order valence-corrected chi connectivity index (χ4v) is 4.15. The first kappa shape index (κ1) is 23.0. The molecule has 31 heavy (non-hydrogen) atoms. The van der Waals surface area contributed by atoms with Gasteiger partial charge in [-0.05, 0) is 55.3 Å². The van der Waals surface area contributed by atoms with Crippen LogP contribution in [0.3, 0.4) is 0 Å². The topological polar surface area (TPSA) is 90.6 Å². The standard InChI is InChI=1S/C24H34N4O3/c1-17-20(16-24(2,3)4)25-28(23(17)30)15-14-27-13-5-6-21(27)19-10-7-18(8-11-19)9-12-22(29)26-31/h7-12,21,30-31H,5-6,13-16H2,1-4H3,(H,26,29)/b12-9+. The van der Waals surface area contributed by atoms with Crippen LogP contribution in [0.5, 0.6) is 5.88 Å². The van der Waals surface area contributed by atoms with Gasteiger partial charge in [0.1, 0.15) is 0 Å². The van der Waals surface area contributed by atoms with E-state index in [0.717, 1.165) is 49.2 Å². The first-order chi connectivity index (χ1) is 14.7. The van der Waals surface area contributed by atoms with E-state index in [1.807, 2.05) is 19.1 Å². The lowest BCUT2D eigenvalue weighted by Crippen LogP contribution is -2.27. The molecule has 1 aliphatic rings. The van der Waals surface area contributed by atoms with E-state index in [4.69, 9.17) is 5.21 Å². The number of nitrogens with one attached hydrogen (secondary N) is 1. The molecule has 1 amide bonds. The summed E-state index contributed by atoms with van der Waals surface area (Å²) in [6, 6.07) is 8.49. The number of carbonyl (C=O) groups is 1. The number of benzene rings is 1. The Morgan fingerprint density at radius 1 is 1.26 bits per heavy atom. The number of aromatic nitrogens is 2. The molecule has 7 nitrogen and oxygen atoms in total. The zero-order valence-electron chi connectivity index (χ0n) is 18.9. The van der Waals surface area contributed by atoms with E-state index in [-0.39, 0.29) is 11.3 Å². The normalized spacial score (nSPS) is 17.5. The Kier molecular flexibility index (Phi) is 7.18. The van der Waals surface area contributed by atoms with Crippen molar-refractivity contribution in [2.75, 3.05) is 13.1 Å². The summed E-state index contributed by atoms with van der Waals surface area (Å²) < 4.78 is 1.74. The third kappa shape index (κ3) is 5.95. The number of hydrogen-bond acceptors (Lipinski definition) is 5. The second-order valence-corrected chi connectivity index (χ2v) is 9.53. The van der Waals surface area contributed by atoms with Crippen molar-refractivity contribution in [1.29, 1.82) is 0 Å². The van der Waals surface area contributed by atoms with Crippen LogP contribution in [0.1, 0.15) is 62.0 Å². The highest BCUT2D eigenvalue weighted by Gasteiger charge is 2.26. The number of amides is 1. The Hall–Kier alpha value is -2.64. The van der Waals surface area contributed by atoms with E-state index in [1.165, 1.54) is 11.6 Å². The Bertz CT molecular complexity index is 926. The molecule has 1 aromatic carbocycles.